The molecule has 2 aromatic carbocycles. The van der Waals surface area contributed by atoms with E-state index in [1.54, 1.807) is 36.4 Å². The minimum atomic E-state index is -0.997. The van der Waals surface area contributed by atoms with Gasteiger partial charge in [0.05, 0.1) is 75.1 Å². The van der Waals surface area contributed by atoms with Crippen LogP contribution in [0.2, 0.25) is 0 Å². The molecule has 6 rings (SSSR count). The van der Waals surface area contributed by atoms with Crippen molar-refractivity contribution in [3.8, 4) is 0 Å². The second kappa shape index (κ2) is 30.8. The maximum absolute atomic E-state index is 13.1. The van der Waals surface area contributed by atoms with Crippen LogP contribution in [0.25, 0.3) is 0 Å². The summed E-state index contributed by atoms with van der Waals surface area (Å²) in [5, 5.41) is 13.4. The Morgan fingerprint density at radius 1 is 0.547 bits per heavy atom. The van der Waals surface area contributed by atoms with Gasteiger partial charge in [-0.15, -0.1) is 0 Å². The van der Waals surface area contributed by atoms with Gasteiger partial charge in [-0.1, -0.05) is 12.1 Å². The van der Waals surface area contributed by atoms with Gasteiger partial charge in [0.2, 0.25) is 23.6 Å². The molecule has 9 amide bonds. The number of amides is 9. The third kappa shape index (κ3) is 18.4. The third-order valence-electron chi connectivity index (χ3n) is 11.6. The predicted octanol–water partition coefficient (Wildman–Crippen LogP) is 2.14. The molecule has 0 spiro atoms. The van der Waals surface area contributed by atoms with E-state index in [1.165, 1.54) is 0 Å². The maximum Gasteiger partial charge on any atom is 0.407 e. The molecule has 2 atom stereocenters. The number of nitrogens with two attached hydrogens (primary N) is 1. The van der Waals surface area contributed by atoms with Gasteiger partial charge in [0.25, 0.3) is 23.6 Å². The first kappa shape index (κ1) is 59.5. The van der Waals surface area contributed by atoms with E-state index in [0.29, 0.717) is 136 Å². The third-order valence-corrected chi connectivity index (χ3v) is 11.6. The van der Waals surface area contributed by atoms with E-state index in [0.717, 1.165) is 16.2 Å². The van der Waals surface area contributed by atoms with Gasteiger partial charge in [0.15, 0.2) is 0 Å². The van der Waals surface area contributed by atoms with Crippen molar-refractivity contribution in [3.63, 3.8) is 0 Å². The molecule has 412 valence electrons. The van der Waals surface area contributed by atoms with E-state index < -0.39 is 71.0 Å². The molecule has 0 aliphatic carbocycles. The highest BCUT2D eigenvalue weighted by Crippen LogP contribution is 2.34. The monoisotopic (exact) mass is 1050 g/mol. The van der Waals surface area contributed by atoms with Crippen molar-refractivity contribution in [3.05, 3.63) is 58.7 Å². The number of ether oxygens (including phenoxy) is 7. The number of benzene rings is 2. The highest BCUT2D eigenvalue weighted by molar-refractivity contribution is 6.26. The Balaban J connectivity index is 0.000000282. The van der Waals surface area contributed by atoms with Gasteiger partial charge in [-0.2, -0.15) is 0 Å². The Morgan fingerprint density at radius 2 is 0.920 bits per heavy atom. The summed E-state index contributed by atoms with van der Waals surface area (Å²) in [6.07, 6.45) is 2.81. The molecule has 75 heavy (non-hydrogen) atoms. The zero-order valence-electron chi connectivity index (χ0n) is 43.1. The minimum Gasteiger partial charge on any atom is -0.444 e. The minimum absolute atomic E-state index is 0.0738. The number of hydrogen-bond acceptors (Lipinski definition) is 19. The van der Waals surface area contributed by atoms with E-state index in [4.69, 9.17) is 38.9 Å². The van der Waals surface area contributed by atoms with Gasteiger partial charge in [-0.3, -0.25) is 58.8 Å². The van der Waals surface area contributed by atoms with Crippen molar-refractivity contribution in [1.29, 1.82) is 0 Å². The normalized spacial score (nSPS) is 17.3. The van der Waals surface area contributed by atoms with Gasteiger partial charge < -0.3 is 54.8 Å². The van der Waals surface area contributed by atoms with Gasteiger partial charge in [0, 0.05) is 70.3 Å². The fraction of sp³-hybridized carbons (Fsp3) is 0.588. The number of fused-ring (bicyclic) bond motifs is 2. The number of hydrogen-bond donors (Lipinski definition) is 6. The molecular weight excluding hydrogens is 981 g/mol. The molecule has 4 aliphatic rings. The largest absolute Gasteiger partial charge is 0.444 e. The van der Waals surface area contributed by atoms with Crippen molar-refractivity contribution in [2.75, 3.05) is 116 Å². The van der Waals surface area contributed by atoms with Crippen molar-refractivity contribution in [1.82, 2.24) is 25.8 Å². The zero-order valence-corrected chi connectivity index (χ0v) is 43.1. The first-order chi connectivity index (χ1) is 36.1. The summed E-state index contributed by atoms with van der Waals surface area (Å²) in [6.45, 7) is 13.4. The predicted molar refractivity (Wildman–Crippen MR) is 270 cm³/mol. The molecular formula is C51H72N8O16. The molecule has 2 fully saturated rings. The zero-order chi connectivity index (χ0) is 54.2. The number of piperidine rings is 2. The molecule has 24 heteroatoms. The van der Waals surface area contributed by atoms with Crippen molar-refractivity contribution in [2.45, 2.75) is 89.8 Å². The Bertz CT molecular complexity index is 2310. The Labute approximate surface area is 436 Å². The SMILES string of the molecule is CC(C)(C)OC(=O)NCCCOCCOCCOCCCNc1cccc2c1C(=O)N(C1CCC(=O)NC1=O)C2=O.NCCCOCCOCCOCCCNc1cccc2c1C(=O)N(C1CCC(=O)NC1=O)C2=O. The van der Waals surface area contributed by atoms with Gasteiger partial charge in [-0.05, 0) is 90.1 Å². The van der Waals surface area contributed by atoms with E-state index in [-0.39, 0.29) is 47.9 Å². The van der Waals surface area contributed by atoms with E-state index in [9.17, 15) is 43.2 Å². The van der Waals surface area contributed by atoms with Crippen LogP contribution in [0.5, 0.6) is 0 Å². The molecule has 0 saturated carbocycles. The molecule has 4 heterocycles. The van der Waals surface area contributed by atoms with Gasteiger partial charge >= 0.3 is 6.09 Å². The molecule has 2 unspecified atom stereocenters. The standard InChI is InChI=1S/C28H40N4O9.C23H32N4O7/c1-28(2,3)41-27(37)30-12-6-14-39-16-18-40-17-15-38-13-5-11-29-20-8-4-7-19-23(20)26(36)32(25(19)35)21-9-10-22(33)31-24(21)34;24-8-2-10-32-12-14-34-15-13-33-11-3-9-25-17-5-1-4-16-20(17)23(31)27(22(16)30)18-6-7-19(28)26-21(18)29/h4,7-8,21,29H,5-6,9-18H2,1-3H3,(H,30,37)(H,31,33,34);1,4-5,18,25H,2-3,6-15,24H2,(H,26,28,29). The molecule has 0 bridgehead atoms. The molecule has 4 aliphatic heterocycles. The summed E-state index contributed by atoms with van der Waals surface area (Å²) < 4.78 is 38.0. The number of carbonyl (C=O) groups is 9. The number of anilines is 2. The highest BCUT2D eigenvalue weighted by Gasteiger charge is 2.47. The van der Waals surface area contributed by atoms with Gasteiger partial charge in [0.1, 0.15) is 17.7 Å². The highest BCUT2D eigenvalue weighted by atomic mass is 16.6. The number of nitrogens with one attached hydrogen (secondary N) is 5. The lowest BCUT2D eigenvalue weighted by molar-refractivity contribution is -0.137. The lowest BCUT2D eigenvalue weighted by Crippen LogP contribution is -2.54. The molecule has 2 saturated heterocycles. The summed E-state index contributed by atoms with van der Waals surface area (Å²) in [4.78, 5) is 113. The molecule has 0 radical (unpaired) electrons. The van der Waals surface area contributed by atoms with Crippen LogP contribution >= 0.6 is 0 Å². The van der Waals surface area contributed by atoms with Gasteiger partial charge in [-0.25, -0.2) is 4.79 Å². The Hall–Kier alpha value is -6.41. The quantitative estimate of drug-likeness (QED) is 0.0465. The molecule has 2 aromatic rings. The van der Waals surface area contributed by atoms with Crippen LogP contribution in [0.15, 0.2) is 36.4 Å². The van der Waals surface area contributed by atoms with E-state index >= 15 is 0 Å². The Kier molecular flexibility index (Phi) is 24.4. The Morgan fingerprint density at radius 3 is 1.29 bits per heavy atom. The summed E-state index contributed by atoms with van der Waals surface area (Å²) in [5.41, 5.74) is 6.88. The number of rotatable bonds is 31. The van der Waals surface area contributed by atoms with Crippen LogP contribution in [0, 0.1) is 0 Å². The number of imide groups is 4. The number of alkyl carbamates (subject to hydrolysis) is 1. The maximum atomic E-state index is 13.1. The first-order valence-corrected chi connectivity index (χ1v) is 25.4. The number of carbonyl (C=O) groups excluding carboxylic acids is 9. The lowest BCUT2D eigenvalue weighted by atomic mass is 10.0. The van der Waals surface area contributed by atoms with Crippen LogP contribution in [0.1, 0.15) is 114 Å². The van der Waals surface area contributed by atoms with Crippen LogP contribution in [-0.2, 0) is 52.3 Å². The summed E-state index contributed by atoms with van der Waals surface area (Å²) in [7, 11) is 0. The van der Waals surface area contributed by atoms with Crippen LogP contribution in [0.3, 0.4) is 0 Å². The lowest BCUT2D eigenvalue weighted by Gasteiger charge is -2.27. The number of nitrogens with zero attached hydrogens (tertiary/aromatic N) is 2. The summed E-state index contributed by atoms with van der Waals surface area (Å²) in [6, 6.07) is 7.96. The van der Waals surface area contributed by atoms with Crippen LogP contribution in [-0.4, -0.2) is 186 Å². The van der Waals surface area contributed by atoms with E-state index in [1.807, 2.05) is 20.8 Å². The van der Waals surface area contributed by atoms with Crippen molar-refractivity contribution >= 4 is 64.7 Å². The second-order valence-electron chi connectivity index (χ2n) is 18.5. The van der Waals surface area contributed by atoms with Crippen LogP contribution < -0.4 is 32.3 Å². The second-order valence-corrected chi connectivity index (χ2v) is 18.5. The van der Waals surface area contributed by atoms with E-state index in [2.05, 4.69) is 26.6 Å². The topological polar surface area (TPSA) is 311 Å². The van der Waals surface area contributed by atoms with Crippen LogP contribution in [0.4, 0.5) is 16.2 Å². The average molecular weight is 1050 g/mol. The molecule has 7 N–H and O–H groups in total. The first-order valence-electron chi connectivity index (χ1n) is 25.4. The molecule has 24 nitrogen and oxygen atoms in total. The fourth-order valence-electron chi connectivity index (χ4n) is 8.07. The fourth-order valence-corrected chi connectivity index (χ4v) is 8.07. The summed E-state index contributed by atoms with van der Waals surface area (Å²) >= 11 is 0. The average Bonchev–Trinajstić information content (AvgIpc) is 3.77. The van der Waals surface area contributed by atoms with Crippen molar-refractivity contribution < 1.29 is 76.3 Å². The van der Waals surface area contributed by atoms with Crippen molar-refractivity contribution in [2.24, 2.45) is 5.73 Å². The smallest absolute Gasteiger partial charge is 0.407 e. The summed E-state index contributed by atoms with van der Waals surface area (Å²) in [5.74, 6) is -4.20. The molecule has 0 aromatic heterocycles.